The molecule has 5 heteroatoms. The first kappa shape index (κ1) is 16.3. The van der Waals surface area contributed by atoms with Crippen molar-refractivity contribution in [2.24, 2.45) is 0 Å². The van der Waals surface area contributed by atoms with Crippen molar-refractivity contribution in [1.29, 1.82) is 0 Å². The fourth-order valence-electron chi connectivity index (χ4n) is 1.54. The third kappa shape index (κ3) is 5.48. The first-order valence-corrected chi connectivity index (χ1v) is 7.26. The van der Waals surface area contributed by atoms with E-state index < -0.39 is 0 Å². The zero-order chi connectivity index (χ0) is 15.0. The van der Waals surface area contributed by atoms with Gasteiger partial charge in [-0.25, -0.2) is 0 Å². The van der Waals surface area contributed by atoms with E-state index in [-0.39, 0.29) is 10.4 Å². The zero-order valence-electron chi connectivity index (χ0n) is 11.9. The molecule has 2 rings (SSSR count). The molecule has 1 aromatic rings. The van der Waals surface area contributed by atoms with Gasteiger partial charge < -0.3 is 10.1 Å². The van der Waals surface area contributed by atoms with Crippen LogP contribution in [0.2, 0.25) is 0 Å². The van der Waals surface area contributed by atoms with Crippen LogP contribution < -0.4 is 5.32 Å². The number of benzene rings is 1. The highest BCUT2D eigenvalue weighted by atomic mass is 32.2. The van der Waals surface area contributed by atoms with Crippen molar-refractivity contribution in [3.8, 4) is 0 Å². The highest BCUT2D eigenvalue weighted by Gasteiger charge is 2.22. The van der Waals surface area contributed by atoms with Crippen molar-refractivity contribution in [2.45, 2.75) is 26.0 Å². The molecular formula is C15H19NO3S. The van der Waals surface area contributed by atoms with Gasteiger partial charge in [-0.3, -0.25) is 9.59 Å². The molecule has 1 unspecified atom stereocenters. The molecule has 1 aliphatic rings. The van der Waals surface area contributed by atoms with Crippen LogP contribution in [0.3, 0.4) is 0 Å². The molecule has 1 heterocycles. The second kappa shape index (κ2) is 8.43. The van der Waals surface area contributed by atoms with Crippen LogP contribution >= 0.6 is 11.8 Å². The summed E-state index contributed by atoms with van der Waals surface area (Å²) in [6.45, 7) is 6.53. The molecule has 0 fully saturated rings. The summed E-state index contributed by atoms with van der Waals surface area (Å²) in [6, 6.07) is 7.63. The third-order valence-corrected chi connectivity index (χ3v) is 3.48. The van der Waals surface area contributed by atoms with Crippen LogP contribution in [0.15, 0.2) is 36.1 Å². The average molecular weight is 293 g/mol. The minimum atomic E-state index is 0.107. The number of hydrogen-bond acceptors (Lipinski definition) is 4. The fourth-order valence-corrected chi connectivity index (χ4v) is 2.33. The van der Waals surface area contributed by atoms with E-state index in [2.05, 4.69) is 5.32 Å². The first-order chi connectivity index (χ1) is 9.56. The molecule has 0 radical (unpaired) electrons. The van der Waals surface area contributed by atoms with Crippen molar-refractivity contribution in [3.63, 3.8) is 0 Å². The van der Waals surface area contributed by atoms with E-state index in [1.165, 1.54) is 17.3 Å². The number of anilines is 1. The van der Waals surface area contributed by atoms with Gasteiger partial charge in [0.1, 0.15) is 5.76 Å². The van der Waals surface area contributed by atoms with E-state index >= 15 is 0 Å². The Morgan fingerprint density at radius 2 is 2.00 bits per heavy atom. The quantitative estimate of drug-likeness (QED) is 0.867. The number of nitrogens with one attached hydrogen (secondary N) is 1. The number of rotatable bonds is 4. The molecule has 1 amide bonds. The Morgan fingerprint density at radius 3 is 2.45 bits per heavy atom. The van der Waals surface area contributed by atoms with Gasteiger partial charge in [0.15, 0.2) is 0 Å². The first-order valence-electron chi connectivity index (χ1n) is 6.38. The summed E-state index contributed by atoms with van der Waals surface area (Å²) in [5, 5.41) is 2.88. The number of ether oxygens (including phenoxy) is 1. The highest BCUT2D eigenvalue weighted by molar-refractivity contribution is 8.15. The summed E-state index contributed by atoms with van der Waals surface area (Å²) in [7, 11) is 0. The smallest absolute Gasteiger partial charge is 0.216 e. The van der Waals surface area contributed by atoms with Gasteiger partial charge in [-0.2, -0.15) is 0 Å². The summed E-state index contributed by atoms with van der Waals surface area (Å²) < 4.78 is 5.20. The minimum absolute atomic E-state index is 0.107. The van der Waals surface area contributed by atoms with Gasteiger partial charge in [-0.1, -0.05) is 29.5 Å². The van der Waals surface area contributed by atoms with E-state index in [4.69, 9.17) is 4.74 Å². The topological polar surface area (TPSA) is 55.4 Å². The van der Waals surface area contributed by atoms with E-state index in [1.807, 2.05) is 45.0 Å². The summed E-state index contributed by atoms with van der Waals surface area (Å²) in [6.07, 6.45) is 2.24. The molecule has 1 aromatic carbocycles. The van der Waals surface area contributed by atoms with Crippen LogP contribution in [0.5, 0.6) is 0 Å². The number of carbonyl (C=O) groups excluding carboxylic acids is 2. The van der Waals surface area contributed by atoms with E-state index in [0.717, 1.165) is 11.4 Å². The highest BCUT2D eigenvalue weighted by Crippen LogP contribution is 2.28. The lowest BCUT2D eigenvalue weighted by Crippen LogP contribution is -2.00. The Hall–Kier alpha value is -1.75. The predicted octanol–water partition coefficient (Wildman–Crippen LogP) is 3.13. The van der Waals surface area contributed by atoms with Crippen molar-refractivity contribution >= 4 is 29.0 Å². The van der Waals surface area contributed by atoms with Crippen LogP contribution in [0.4, 0.5) is 5.69 Å². The Morgan fingerprint density at radius 1 is 1.35 bits per heavy atom. The lowest BCUT2D eigenvalue weighted by molar-refractivity contribution is -0.107. The Balaban J connectivity index is 0.000000200. The van der Waals surface area contributed by atoms with Gasteiger partial charge in [0.05, 0.1) is 11.9 Å². The molecule has 20 heavy (non-hydrogen) atoms. The fraction of sp³-hybridized carbons (Fsp3) is 0.333. The van der Waals surface area contributed by atoms with Gasteiger partial charge in [0.2, 0.25) is 11.5 Å². The molecule has 4 nitrogen and oxygen atoms in total. The minimum Gasteiger partial charge on any atom is -0.497 e. The third-order valence-electron chi connectivity index (χ3n) is 2.54. The van der Waals surface area contributed by atoms with Gasteiger partial charge in [0.25, 0.3) is 0 Å². The van der Waals surface area contributed by atoms with Crippen molar-refractivity contribution < 1.29 is 14.3 Å². The average Bonchev–Trinajstić information content (AvgIpc) is 2.72. The second-order valence-electron chi connectivity index (χ2n) is 4.19. The van der Waals surface area contributed by atoms with E-state index in [9.17, 15) is 9.59 Å². The Labute approximate surface area is 123 Å². The van der Waals surface area contributed by atoms with E-state index in [1.54, 1.807) is 6.08 Å². The molecule has 0 spiro atoms. The second-order valence-corrected chi connectivity index (χ2v) is 5.53. The summed E-state index contributed by atoms with van der Waals surface area (Å²) in [5.41, 5.74) is 2.03. The van der Waals surface area contributed by atoms with Crippen molar-refractivity contribution in [3.05, 3.63) is 41.7 Å². The van der Waals surface area contributed by atoms with Gasteiger partial charge in [0, 0.05) is 11.8 Å². The molecule has 108 valence electrons. The molecule has 0 bridgehead atoms. The molecule has 1 aliphatic heterocycles. The SMILES string of the molecule is CCOC1=CC(=O)SC1C.Cc1ccc(NC=O)cc1. The zero-order valence-corrected chi connectivity index (χ0v) is 12.7. The Kier molecular flexibility index (Phi) is 6.87. The molecule has 1 atom stereocenters. The van der Waals surface area contributed by atoms with Gasteiger partial charge >= 0.3 is 0 Å². The maximum absolute atomic E-state index is 10.7. The maximum Gasteiger partial charge on any atom is 0.216 e. The number of hydrogen-bond donors (Lipinski definition) is 1. The van der Waals surface area contributed by atoms with Crippen molar-refractivity contribution in [1.82, 2.24) is 0 Å². The van der Waals surface area contributed by atoms with Crippen LogP contribution in [-0.4, -0.2) is 23.4 Å². The molecule has 1 N–H and O–H groups in total. The maximum atomic E-state index is 10.7. The number of amides is 1. The number of thioether (sulfide) groups is 1. The predicted molar refractivity (Wildman–Crippen MR) is 82.6 cm³/mol. The molecule has 0 saturated heterocycles. The molecule has 0 saturated carbocycles. The summed E-state index contributed by atoms with van der Waals surface area (Å²) >= 11 is 1.31. The van der Waals surface area contributed by atoms with Gasteiger partial charge in [-0.15, -0.1) is 0 Å². The molecule has 0 aliphatic carbocycles. The lowest BCUT2D eigenvalue weighted by Gasteiger charge is -2.06. The number of aryl methyl sites for hydroxylation is 1. The normalized spacial score (nSPS) is 16.9. The Bertz CT molecular complexity index is 482. The largest absolute Gasteiger partial charge is 0.497 e. The lowest BCUT2D eigenvalue weighted by atomic mass is 10.2. The van der Waals surface area contributed by atoms with Crippen LogP contribution in [0.1, 0.15) is 19.4 Å². The van der Waals surface area contributed by atoms with E-state index in [0.29, 0.717) is 13.0 Å². The molecular weight excluding hydrogens is 274 g/mol. The summed E-state index contributed by atoms with van der Waals surface area (Å²) in [4.78, 5) is 20.7. The van der Waals surface area contributed by atoms with Crippen LogP contribution in [-0.2, 0) is 14.3 Å². The molecule has 0 aromatic heterocycles. The standard InChI is InChI=1S/C8H9NO.C7H10O2S/c1-7-2-4-8(5-3-7)9-6-10;1-3-9-6-4-7(8)10-5(6)2/h2-6H,1H3,(H,9,10);4-5H,3H2,1-2H3. The van der Waals surface area contributed by atoms with Crippen LogP contribution in [0.25, 0.3) is 0 Å². The van der Waals surface area contributed by atoms with Crippen LogP contribution in [0, 0.1) is 6.92 Å². The monoisotopic (exact) mass is 293 g/mol. The van der Waals surface area contributed by atoms with Crippen molar-refractivity contribution in [2.75, 3.05) is 11.9 Å². The number of carbonyl (C=O) groups is 2. The van der Waals surface area contributed by atoms with Gasteiger partial charge in [-0.05, 0) is 32.9 Å². The summed E-state index contributed by atoms with van der Waals surface area (Å²) in [5.74, 6) is 0.817.